The standard InChI is InChI=1S/C22H12Br2/c23-19-11-5-6-13-12-18-16-9-2-1-7-14(16)15-8-3-4-10-17(15)21(18)22(24)20(13)19/h1-12H. The quantitative estimate of drug-likeness (QED) is 0.172. The van der Waals surface area contributed by atoms with Gasteiger partial charge in [-0.1, -0.05) is 76.6 Å². The van der Waals surface area contributed by atoms with Gasteiger partial charge in [0.1, 0.15) is 0 Å². The molecule has 0 fully saturated rings. The van der Waals surface area contributed by atoms with E-state index in [1.54, 1.807) is 0 Å². The van der Waals surface area contributed by atoms with Crippen molar-refractivity contribution in [3.05, 3.63) is 81.7 Å². The Morgan fingerprint density at radius 2 is 1.08 bits per heavy atom. The molecule has 0 saturated heterocycles. The molecule has 5 rings (SSSR count). The zero-order valence-corrected chi connectivity index (χ0v) is 15.9. The molecule has 0 spiro atoms. The van der Waals surface area contributed by atoms with Gasteiger partial charge in [0.2, 0.25) is 0 Å². The fourth-order valence-corrected chi connectivity index (χ4v) is 5.44. The number of hydrogen-bond acceptors (Lipinski definition) is 0. The summed E-state index contributed by atoms with van der Waals surface area (Å²) in [6, 6.07) is 26.0. The lowest BCUT2D eigenvalue weighted by Gasteiger charge is -2.14. The number of fused-ring (bicyclic) bond motifs is 7. The molecule has 0 amide bonds. The third-order valence-electron chi connectivity index (χ3n) is 4.76. The largest absolute Gasteiger partial charge is 0.0616 e. The van der Waals surface area contributed by atoms with Crippen LogP contribution >= 0.6 is 31.9 Å². The minimum absolute atomic E-state index is 1.12. The highest BCUT2D eigenvalue weighted by molar-refractivity contribution is 9.11. The van der Waals surface area contributed by atoms with Gasteiger partial charge in [-0.05, 0) is 60.4 Å². The van der Waals surface area contributed by atoms with Gasteiger partial charge in [-0.15, -0.1) is 0 Å². The minimum atomic E-state index is 1.12. The maximum Gasteiger partial charge on any atom is 0.0349 e. The van der Waals surface area contributed by atoms with E-state index in [1.807, 2.05) is 0 Å². The van der Waals surface area contributed by atoms with Gasteiger partial charge in [-0.2, -0.15) is 0 Å². The monoisotopic (exact) mass is 434 g/mol. The Morgan fingerprint density at radius 3 is 1.79 bits per heavy atom. The molecule has 0 nitrogen and oxygen atoms in total. The van der Waals surface area contributed by atoms with Gasteiger partial charge >= 0.3 is 0 Å². The smallest absolute Gasteiger partial charge is 0.0349 e. The number of hydrogen-bond donors (Lipinski definition) is 0. The zero-order chi connectivity index (χ0) is 16.3. The summed E-state index contributed by atoms with van der Waals surface area (Å²) in [4.78, 5) is 0. The molecular formula is C22H12Br2. The van der Waals surface area contributed by atoms with E-state index in [4.69, 9.17) is 0 Å². The summed E-state index contributed by atoms with van der Waals surface area (Å²) >= 11 is 7.63. The average molecular weight is 436 g/mol. The van der Waals surface area contributed by atoms with E-state index >= 15 is 0 Å². The van der Waals surface area contributed by atoms with Gasteiger partial charge in [0.15, 0.2) is 0 Å². The van der Waals surface area contributed by atoms with Crippen molar-refractivity contribution < 1.29 is 0 Å². The van der Waals surface area contributed by atoms with Crippen LogP contribution in [0.25, 0.3) is 43.1 Å². The topological polar surface area (TPSA) is 0 Å². The number of benzene rings is 5. The summed E-state index contributed by atoms with van der Waals surface area (Å²) in [6.45, 7) is 0. The highest BCUT2D eigenvalue weighted by Gasteiger charge is 2.14. The van der Waals surface area contributed by atoms with E-state index in [2.05, 4.69) is 105 Å². The first-order valence-corrected chi connectivity index (χ1v) is 9.44. The van der Waals surface area contributed by atoms with Crippen molar-refractivity contribution in [1.29, 1.82) is 0 Å². The van der Waals surface area contributed by atoms with Crippen LogP contribution in [0.15, 0.2) is 81.7 Å². The van der Waals surface area contributed by atoms with Crippen molar-refractivity contribution in [2.75, 3.05) is 0 Å². The van der Waals surface area contributed by atoms with Gasteiger partial charge in [0, 0.05) is 19.7 Å². The van der Waals surface area contributed by atoms with Crippen molar-refractivity contribution >= 4 is 74.9 Å². The van der Waals surface area contributed by atoms with Crippen molar-refractivity contribution in [1.82, 2.24) is 0 Å². The Morgan fingerprint density at radius 1 is 0.500 bits per heavy atom. The molecule has 0 N–H and O–H groups in total. The lowest BCUT2D eigenvalue weighted by Crippen LogP contribution is -1.86. The predicted octanol–water partition coefficient (Wildman–Crippen LogP) is 7.82. The van der Waals surface area contributed by atoms with Crippen LogP contribution in [0.1, 0.15) is 0 Å². The van der Waals surface area contributed by atoms with Crippen molar-refractivity contribution in [2.24, 2.45) is 0 Å². The van der Waals surface area contributed by atoms with Crippen molar-refractivity contribution in [2.45, 2.75) is 0 Å². The average Bonchev–Trinajstić information content (AvgIpc) is 2.62. The van der Waals surface area contributed by atoms with Crippen LogP contribution in [-0.4, -0.2) is 0 Å². The third kappa shape index (κ3) is 1.90. The fourth-order valence-electron chi connectivity index (χ4n) is 3.73. The molecule has 114 valence electrons. The second kappa shape index (κ2) is 5.30. The van der Waals surface area contributed by atoms with Gasteiger partial charge in [0.25, 0.3) is 0 Å². The first-order chi connectivity index (χ1) is 11.8. The second-order valence-electron chi connectivity index (χ2n) is 6.04. The molecule has 5 aromatic rings. The Hall–Kier alpha value is -1.90. The lowest BCUT2D eigenvalue weighted by atomic mass is 9.92. The van der Waals surface area contributed by atoms with E-state index < -0.39 is 0 Å². The van der Waals surface area contributed by atoms with E-state index in [9.17, 15) is 0 Å². The highest BCUT2D eigenvalue weighted by Crippen LogP contribution is 2.43. The van der Waals surface area contributed by atoms with Crippen LogP contribution in [0.3, 0.4) is 0 Å². The molecule has 0 aromatic heterocycles. The summed E-state index contributed by atoms with van der Waals surface area (Å²) in [7, 11) is 0. The molecule has 0 aliphatic carbocycles. The maximum atomic E-state index is 3.91. The Bertz CT molecular complexity index is 1270. The first-order valence-electron chi connectivity index (χ1n) is 7.85. The van der Waals surface area contributed by atoms with Crippen molar-refractivity contribution in [3.8, 4) is 0 Å². The Labute approximate surface area is 156 Å². The summed E-state index contributed by atoms with van der Waals surface area (Å²) in [6.07, 6.45) is 0. The van der Waals surface area contributed by atoms with Crippen LogP contribution in [0.2, 0.25) is 0 Å². The molecular weight excluding hydrogens is 424 g/mol. The van der Waals surface area contributed by atoms with Crippen LogP contribution in [0, 0.1) is 0 Å². The summed E-state index contributed by atoms with van der Waals surface area (Å²) < 4.78 is 2.27. The molecule has 0 bridgehead atoms. The highest BCUT2D eigenvalue weighted by atomic mass is 79.9. The van der Waals surface area contributed by atoms with E-state index in [0.717, 1.165) is 8.95 Å². The molecule has 24 heavy (non-hydrogen) atoms. The van der Waals surface area contributed by atoms with E-state index in [-0.39, 0.29) is 0 Å². The molecule has 2 heteroatoms. The molecule has 0 aliphatic rings. The fraction of sp³-hybridized carbons (Fsp3) is 0. The van der Waals surface area contributed by atoms with Gasteiger partial charge in [-0.25, -0.2) is 0 Å². The van der Waals surface area contributed by atoms with Crippen LogP contribution in [0.4, 0.5) is 0 Å². The number of rotatable bonds is 0. The lowest BCUT2D eigenvalue weighted by molar-refractivity contribution is 1.72. The Kier molecular flexibility index (Phi) is 3.19. The summed E-state index contributed by atoms with van der Waals surface area (Å²) in [5.74, 6) is 0. The molecule has 0 atom stereocenters. The molecule has 5 aromatic carbocycles. The zero-order valence-electron chi connectivity index (χ0n) is 12.7. The molecule has 0 heterocycles. The molecule has 0 aliphatic heterocycles. The van der Waals surface area contributed by atoms with Crippen LogP contribution < -0.4 is 0 Å². The summed E-state index contributed by atoms with van der Waals surface area (Å²) in [5, 5.41) is 10.2. The summed E-state index contributed by atoms with van der Waals surface area (Å²) in [5.41, 5.74) is 0. The predicted molar refractivity (Wildman–Crippen MR) is 112 cm³/mol. The normalized spacial score (nSPS) is 11.8. The SMILES string of the molecule is Brc1cccc2cc3c4ccccc4c4ccccc4c3c(Br)c12. The van der Waals surface area contributed by atoms with Crippen LogP contribution in [-0.2, 0) is 0 Å². The second-order valence-corrected chi connectivity index (χ2v) is 7.69. The van der Waals surface area contributed by atoms with Crippen LogP contribution in [0.5, 0.6) is 0 Å². The third-order valence-corrected chi connectivity index (χ3v) is 6.21. The number of halogens is 2. The van der Waals surface area contributed by atoms with E-state index in [1.165, 1.54) is 43.1 Å². The van der Waals surface area contributed by atoms with Gasteiger partial charge in [-0.3, -0.25) is 0 Å². The molecule has 0 saturated carbocycles. The van der Waals surface area contributed by atoms with Gasteiger partial charge < -0.3 is 0 Å². The first kappa shape index (κ1) is 14.4. The van der Waals surface area contributed by atoms with Crippen molar-refractivity contribution in [3.63, 3.8) is 0 Å². The van der Waals surface area contributed by atoms with E-state index in [0.29, 0.717) is 0 Å². The van der Waals surface area contributed by atoms with Gasteiger partial charge in [0.05, 0.1) is 0 Å². The molecule has 0 unspecified atom stereocenters. The Balaban J connectivity index is 2.21. The molecule has 0 radical (unpaired) electrons. The minimum Gasteiger partial charge on any atom is -0.0616 e. The maximum absolute atomic E-state index is 3.91.